The molecule has 0 aliphatic heterocycles. The summed E-state index contributed by atoms with van der Waals surface area (Å²) in [5.74, 6) is 0.662. The van der Waals surface area contributed by atoms with Gasteiger partial charge in [-0.1, -0.05) is 23.4 Å². The number of rotatable bonds is 4. The fourth-order valence-electron chi connectivity index (χ4n) is 3.03. The van der Waals surface area contributed by atoms with Crippen molar-refractivity contribution < 1.29 is 9.32 Å². The van der Waals surface area contributed by atoms with Gasteiger partial charge in [0, 0.05) is 25.3 Å². The van der Waals surface area contributed by atoms with Crippen LogP contribution < -0.4 is 10.7 Å². The van der Waals surface area contributed by atoms with Crippen molar-refractivity contribution >= 4 is 27.9 Å². The molecule has 0 bridgehead atoms. The molecule has 2 heterocycles. The van der Waals surface area contributed by atoms with Gasteiger partial charge in [-0.2, -0.15) is 0 Å². The van der Waals surface area contributed by atoms with Gasteiger partial charge < -0.3 is 9.84 Å². The van der Waals surface area contributed by atoms with E-state index in [4.69, 9.17) is 4.52 Å². The Labute approximate surface area is 149 Å². The molecule has 0 saturated carbocycles. The molecule has 0 spiro atoms. The molecule has 1 aliphatic carbocycles. The lowest BCUT2D eigenvalue weighted by atomic mass is 9.92. The van der Waals surface area contributed by atoms with Gasteiger partial charge >= 0.3 is 0 Å². The van der Waals surface area contributed by atoms with E-state index >= 15 is 0 Å². The van der Waals surface area contributed by atoms with Crippen LogP contribution in [0.15, 0.2) is 41.1 Å². The molecule has 25 heavy (non-hydrogen) atoms. The smallest absolute Gasteiger partial charge is 0.276 e. The molecule has 128 valence electrons. The normalized spacial score (nSPS) is 12.6. The van der Waals surface area contributed by atoms with E-state index in [0.29, 0.717) is 4.88 Å². The summed E-state index contributed by atoms with van der Waals surface area (Å²) in [7, 11) is 3.60. The third-order valence-corrected chi connectivity index (χ3v) is 5.23. The number of hydrogen-bond donors (Lipinski definition) is 2. The number of hydrogen-bond acceptors (Lipinski definition) is 6. The van der Waals surface area contributed by atoms with E-state index in [1.165, 1.54) is 11.3 Å². The largest absolute Gasteiger partial charge is 0.356 e. The molecule has 2 N–H and O–H groups in total. The Morgan fingerprint density at radius 2 is 2.04 bits per heavy atom. The lowest BCUT2D eigenvalue weighted by Crippen LogP contribution is -2.36. The van der Waals surface area contributed by atoms with Gasteiger partial charge in [0.2, 0.25) is 0 Å². The van der Waals surface area contributed by atoms with Crippen molar-refractivity contribution in [3.8, 4) is 11.3 Å². The van der Waals surface area contributed by atoms with Crippen molar-refractivity contribution in [2.24, 2.45) is 0 Å². The molecule has 2 aromatic heterocycles. The maximum absolute atomic E-state index is 12.6. The minimum Gasteiger partial charge on any atom is -0.356 e. The Hall–Kier alpha value is -2.64. The Morgan fingerprint density at radius 3 is 2.80 bits per heavy atom. The fraction of sp³-hybridized carbons (Fsp3) is 0.222. The predicted molar refractivity (Wildman–Crippen MR) is 98.1 cm³/mol. The van der Waals surface area contributed by atoms with Crippen LogP contribution in [-0.4, -0.2) is 30.2 Å². The van der Waals surface area contributed by atoms with Crippen LogP contribution in [0.2, 0.25) is 0 Å². The molecular weight excluding hydrogens is 336 g/mol. The number of thiophene rings is 1. The van der Waals surface area contributed by atoms with Crippen molar-refractivity contribution in [2.45, 2.75) is 12.8 Å². The van der Waals surface area contributed by atoms with Crippen LogP contribution in [0.3, 0.4) is 0 Å². The summed E-state index contributed by atoms with van der Waals surface area (Å²) in [6, 6.07) is 9.91. The van der Waals surface area contributed by atoms with E-state index in [2.05, 4.69) is 15.9 Å². The number of aromatic nitrogens is 1. The highest BCUT2D eigenvalue weighted by atomic mass is 32.1. The van der Waals surface area contributed by atoms with Crippen molar-refractivity contribution in [1.29, 1.82) is 0 Å². The number of nitrogens with zero attached hydrogens (tertiary/aromatic N) is 2. The maximum atomic E-state index is 12.6. The average Bonchev–Trinajstić information content (AvgIpc) is 3.19. The standard InChI is InChI=1S/C18H18N4O2S/c1-22(2)21-17(23)16-13-9-8-11-10-19-24-15(11)14(13)18(25-16)20-12-6-4-3-5-7-12/h3-7,10,20H,8-9H2,1-2H3,(H,21,23). The van der Waals surface area contributed by atoms with Gasteiger partial charge in [-0.3, -0.25) is 10.2 Å². The minimum atomic E-state index is -0.102. The summed E-state index contributed by atoms with van der Waals surface area (Å²) < 4.78 is 5.51. The van der Waals surface area contributed by atoms with Gasteiger partial charge in [-0.25, -0.2) is 5.01 Å². The average molecular weight is 354 g/mol. The van der Waals surface area contributed by atoms with Gasteiger partial charge in [0.15, 0.2) is 5.76 Å². The second-order valence-corrected chi connectivity index (χ2v) is 7.14. The van der Waals surface area contributed by atoms with Crippen molar-refractivity contribution in [1.82, 2.24) is 15.6 Å². The first-order chi connectivity index (χ1) is 12.1. The SMILES string of the molecule is CN(C)NC(=O)c1sc(Nc2ccccc2)c2c1CCc1cnoc1-2. The van der Waals surface area contributed by atoms with E-state index in [-0.39, 0.29) is 5.91 Å². The maximum Gasteiger partial charge on any atom is 0.276 e. The number of carbonyl (C=O) groups is 1. The van der Waals surface area contributed by atoms with Gasteiger partial charge in [-0.15, -0.1) is 11.3 Å². The molecule has 0 atom stereocenters. The van der Waals surface area contributed by atoms with E-state index < -0.39 is 0 Å². The minimum absolute atomic E-state index is 0.102. The second-order valence-electron chi connectivity index (χ2n) is 6.12. The third kappa shape index (κ3) is 2.92. The zero-order valence-electron chi connectivity index (χ0n) is 14.0. The third-order valence-electron chi connectivity index (χ3n) is 4.09. The fourth-order valence-corrected chi connectivity index (χ4v) is 4.18. The number of fused-ring (bicyclic) bond motifs is 3. The number of para-hydroxylation sites is 1. The van der Waals surface area contributed by atoms with Crippen molar-refractivity contribution in [3.05, 3.63) is 52.5 Å². The van der Waals surface area contributed by atoms with Crippen LogP contribution in [0.1, 0.15) is 20.8 Å². The molecule has 1 aromatic carbocycles. The topological polar surface area (TPSA) is 70.4 Å². The first kappa shape index (κ1) is 15.9. The summed E-state index contributed by atoms with van der Waals surface area (Å²) in [5, 5.41) is 9.93. The van der Waals surface area contributed by atoms with Gasteiger partial charge in [0.05, 0.1) is 16.6 Å². The molecule has 0 radical (unpaired) electrons. The molecule has 1 aliphatic rings. The highest BCUT2D eigenvalue weighted by Gasteiger charge is 2.31. The van der Waals surface area contributed by atoms with Crippen LogP contribution in [0.5, 0.6) is 0 Å². The van der Waals surface area contributed by atoms with Gasteiger partial charge in [-0.05, 0) is 30.5 Å². The number of nitrogens with one attached hydrogen (secondary N) is 2. The molecule has 0 fully saturated rings. The van der Waals surface area contributed by atoms with Gasteiger partial charge in [0.25, 0.3) is 5.91 Å². The first-order valence-corrected chi connectivity index (χ1v) is 8.85. The highest BCUT2D eigenvalue weighted by molar-refractivity contribution is 7.19. The van der Waals surface area contributed by atoms with Crippen LogP contribution in [-0.2, 0) is 12.8 Å². The van der Waals surface area contributed by atoms with Crippen LogP contribution in [0.4, 0.5) is 10.7 Å². The number of amides is 1. The molecule has 6 nitrogen and oxygen atoms in total. The molecule has 4 rings (SSSR count). The quantitative estimate of drug-likeness (QED) is 0.702. The van der Waals surface area contributed by atoms with Crippen LogP contribution in [0.25, 0.3) is 11.3 Å². The molecule has 1 amide bonds. The zero-order chi connectivity index (χ0) is 17.4. The Bertz CT molecular complexity index is 915. The van der Waals surface area contributed by atoms with Crippen LogP contribution >= 0.6 is 11.3 Å². The first-order valence-electron chi connectivity index (χ1n) is 8.03. The van der Waals surface area contributed by atoms with E-state index in [9.17, 15) is 4.79 Å². The molecule has 0 saturated heterocycles. The number of hydrazine groups is 1. The van der Waals surface area contributed by atoms with Crippen molar-refractivity contribution in [3.63, 3.8) is 0 Å². The number of carbonyl (C=O) groups excluding carboxylic acids is 1. The molecule has 7 heteroatoms. The summed E-state index contributed by atoms with van der Waals surface area (Å²) in [4.78, 5) is 13.3. The Balaban J connectivity index is 1.81. The zero-order valence-corrected chi connectivity index (χ0v) is 14.8. The van der Waals surface area contributed by atoms with Gasteiger partial charge in [0.1, 0.15) is 5.00 Å². The lowest BCUT2D eigenvalue weighted by molar-refractivity contribution is 0.0860. The Morgan fingerprint density at radius 1 is 1.24 bits per heavy atom. The number of anilines is 2. The Kier molecular flexibility index (Phi) is 4.03. The van der Waals surface area contributed by atoms with E-state index in [0.717, 1.165) is 46.0 Å². The summed E-state index contributed by atoms with van der Waals surface area (Å²) in [5.41, 5.74) is 6.86. The van der Waals surface area contributed by atoms with E-state index in [1.807, 2.05) is 30.3 Å². The second kappa shape index (κ2) is 6.34. The predicted octanol–water partition coefficient (Wildman–Crippen LogP) is 3.45. The van der Waals surface area contributed by atoms with Crippen LogP contribution in [0, 0.1) is 0 Å². The summed E-state index contributed by atoms with van der Waals surface area (Å²) >= 11 is 1.45. The number of aryl methyl sites for hydroxylation is 1. The molecule has 0 unspecified atom stereocenters. The summed E-state index contributed by atoms with van der Waals surface area (Å²) in [6.07, 6.45) is 3.39. The monoisotopic (exact) mass is 354 g/mol. The summed E-state index contributed by atoms with van der Waals surface area (Å²) in [6.45, 7) is 0. The van der Waals surface area contributed by atoms with Crippen molar-refractivity contribution in [2.75, 3.05) is 19.4 Å². The molecule has 3 aromatic rings. The highest BCUT2D eigenvalue weighted by Crippen LogP contribution is 2.46. The number of benzene rings is 1. The van der Waals surface area contributed by atoms with E-state index in [1.54, 1.807) is 25.3 Å². The lowest BCUT2D eigenvalue weighted by Gasteiger charge is -2.15. The molecular formula is C18H18N4O2S.